The van der Waals surface area contributed by atoms with Gasteiger partial charge in [0.1, 0.15) is 0 Å². The maximum Gasteiger partial charge on any atom is 0.297 e. The fraction of sp³-hybridized carbons (Fsp3) is 0.833. The number of nitrogens with one attached hydrogen (secondary N) is 1. The minimum atomic E-state index is -1.08. The van der Waals surface area contributed by atoms with Crippen LogP contribution < -0.4 is 9.79 Å². The first-order chi connectivity index (χ1) is 5.51. The molecule has 5 nitrogen and oxygen atoms in total. The van der Waals surface area contributed by atoms with Crippen LogP contribution in [-0.2, 0) is 4.57 Å². The Morgan fingerprint density at radius 1 is 1.50 bits per heavy atom. The van der Waals surface area contributed by atoms with Crippen LogP contribution >= 0.6 is 8.69 Å². The highest BCUT2D eigenvalue weighted by atomic mass is 31.1. The Morgan fingerprint density at radius 3 is 1.83 bits per heavy atom. The zero-order valence-corrected chi connectivity index (χ0v) is 9.05. The molecule has 0 aliphatic carbocycles. The van der Waals surface area contributed by atoms with Crippen LogP contribution in [0.25, 0.3) is 0 Å². The highest BCUT2D eigenvalue weighted by Crippen LogP contribution is 1.69. The predicted octanol–water partition coefficient (Wildman–Crippen LogP) is -1.77. The molecule has 72 valence electrons. The molecule has 0 bridgehead atoms. The molecular formula is C6H16N3O2P. The maximum atomic E-state index is 8.35. The molecule has 1 N–H and O–H groups in total. The summed E-state index contributed by atoms with van der Waals surface area (Å²) in [6, 6.07) is 0. The smallest absolute Gasteiger partial charge is 0.297 e. The number of hydrogen-bond acceptors (Lipinski definition) is 3. The zero-order chi connectivity index (χ0) is 10.1. The Morgan fingerprint density at radius 2 is 1.83 bits per heavy atom. The molecular weight excluding hydrogens is 177 g/mol. The zero-order valence-electron chi connectivity index (χ0n) is 8.16. The molecule has 12 heavy (non-hydrogen) atoms. The molecule has 0 saturated carbocycles. The van der Waals surface area contributed by atoms with Crippen LogP contribution in [0.4, 0.5) is 0 Å². The van der Waals surface area contributed by atoms with Crippen LogP contribution in [0.1, 0.15) is 0 Å². The van der Waals surface area contributed by atoms with E-state index in [1.165, 1.54) is 4.90 Å². The van der Waals surface area contributed by atoms with E-state index in [4.69, 9.17) is 9.46 Å². The van der Waals surface area contributed by atoms with Crippen molar-refractivity contribution >= 4 is 14.6 Å². The molecule has 0 aromatic rings. The molecule has 0 saturated heterocycles. The van der Waals surface area contributed by atoms with Gasteiger partial charge in [-0.2, -0.15) is 0 Å². The molecule has 0 aliphatic rings. The SMILES string of the molecule is CN=C(N(C)C)[NH+](C)C.O=P[O-]. The largest absolute Gasteiger partial charge is 0.772 e. The quantitative estimate of drug-likeness (QED) is 0.281. The third-order valence-electron chi connectivity index (χ3n) is 1.08. The molecule has 0 aliphatic heterocycles. The Balaban J connectivity index is 0. The summed E-state index contributed by atoms with van der Waals surface area (Å²) in [6.07, 6.45) is 0. The van der Waals surface area contributed by atoms with Crippen LogP contribution in [0.5, 0.6) is 0 Å². The molecule has 0 spiro atoms. The third-order valence-corrected chi connectivity index (χ3v) is 1.08. The summed E-state index contributed by atoms with van der Waals surface area (Å²) in [6.45, 7) is 0. The van der Waals surface area contributed by atoms with Gasteiger partial charge < -0.3 is 9.79 Å². The normalized spacial score (nSPS) is 11.1. The van der Waals surface area contributed by atoms with E-state index >= 15 is 0 Å². The van der Waals surface area contributed by atoms with Gasteiger partial charge in [-0.1, -0.05) is 0 Å². The van der Waals surface area contributed by atoms with Gasteiger partial charge in [0.15, 0.2) is 0 Å². The average Bonchev–Trinajstić information content (AvgIpc) is 1.88. The Kier molecular flexibility index (Phi) is 10.0. The van der Waals surface area contributed by atoms with Crippen molar-refractivity contribution < 1.29 is 14.4 Å². The number of aliphatic imine (C=N–C) groups is 1. The summed E-state index contributed by atoms with van der Waals surface area (Å²) < 4.78 is 8.35. The van der Waals surface area contributed by atoms with E-state index in [0.29, 0.717) is 0 Å². The van der Waals surface area contributed by atoms with Gasteiger partial charge >= 0.3 is 0 Å². The first-order valence-electron chi connectivity index (χ1n) is 3.40. The van der Waals surface area contributed by atoms with Crippen LogP contribution in [0.2, 0.25) is 0 Å². The first kappa shape index (κ1) is 14.0. The molecule has 0 fully saturated rings. The van der Waals surface area contributed by atoms with Gasteiger partial charge in [0, 0.05) is 21.1 Å². The summed E-state index contributed by atoms with van der Waals surface area (Å²) in [7, 11) is 8.83. The highest BCUT2D eigenvalue weighted by molar-refractivity contribution is 7.14. The second kappa shape index (κ2) is 8.59. The summed E-state index contributed by atoms with van der Waals surface area (Å²) in [5.74, 6) is 1.06. The fourth-order valence-electron chi connectivity index (χ4n) is 0.871. The van der Waals surface area contributed by atoms with Crippen LogP contribution in [-0.4, -0.2) is 46.1 Å². The third kappa shape index (κ3) is 7.60. The molecule has 0 atom stereocenters. The second-order valence-electron chi connectivity index (χ2n) is 2.52. The molecule has 0 amide bonds. The van der Waals surface area contributed by atoms with Crippen molar-refractivity contribution in [2.24, 2.45) is 4.99 Å². The van der Waals surface area contributed by atoms with Crippen molar-refractivity contribution in [2.45, 2.75) is 0 Å². The van der Waals surface area contributed by atoms with E-state index in [-0.39, 0.29) is 0 Å². The molecule has 0 heterocycles. The van der Waals surface area contributed by atoms with Gasteiger partial charge in [-0.3, -0.25) is 9.46 Å². The molecule has 0 aromatic carbocycles. The first-order valence-corrected chi connectivity index (χ1v) is 4.13. The Bertz CT molecular complexity index is 138. The molecule has 0 rings (SSSR count). The van der Waals surface area contributed by atoms with E-state index in [2.05, 4.69) is 19.1 Å². The molecule has 0 radical (unpaired) electrons. The molecule has 0 unspecified atom stereocenters. The van der Waals surface area contributed by atoms with Gasteiger partial charge in [0.25, 0.3) is 5.96 Å². The Labute approximate surface area is 75.0 Å². The summed E-state index contributed by atoms with van der Waals surface area (Å²) in [4.78, 5) is 15.7. The minimum absolute atomic E-state index is 1.06. The van der Waals surface area contributed by atoms with Gasteiger partial charge in [0.2, 0.25) is 0 Å². The fourth-order valence-corrected chi connectivity index (χ4v) is 0.871. The monoisotopic (exact) mass is 193 g/mol. The van der Waals surface area contributed by atoms with Crippen LogP contribution in [0.15, 0.2) is 4.99 Å². The molecule has 6 heteroatoms. The standard InChI is InChI=1S/C6H15N3.HO2P/c1-7-6(8(2)3)9(4)5;1-3-2/h1-5H3;(H,1,2). The lowest BCUT2D eigenvalue weighted by Crippen LogP contribution is -3.10. The predicted molar refractivity (Wildman–Crippen MR) is 47.5 cm³/mol. The topological polar surface area (TPSA) is 60.2 Å². The maximum absolute atomic E-state index is 8.35. The number of guanidine groups is 1. The van der Waals surface area contributed by atoms with E-state index in [1.807, 2.05) is 26.0 Å². The van der Waals surface area contributed by atoms with Crippen molar-refractivity contribution in [2.75, 3.05) is 35.2 Å². The van der Waals surface area contributed by atoms with Crippen LogP contribution in [0.3, 0.4) is 0 Å². The van der Waals surface area contributed by atoms with Gasteiger partial charge in [0.05, 0.1) is 22.8 Å². The van der Waals surface area contributed by atoms with Crippen molar-refractivity contribution in [3.8, 4) is 0 Å². The lowest BCUT2D eigenvalue weighted by atomic mass is 10.7. The molecule has 0 aromatic heterocycles. The number of rotatable bonds is 0. The van der Waals surface area contributed by atoms with Gasteiger partial charge in [-0.05, 0) is 0 Å². The van der Waals surface area contributed by atoms with Crippen molar-refractivity contribution in [1.29, 1.82) is 0 Å². The number of quaternary nitrogens is 1. The van der Waals surface area contributed by atoms with E-state index in [9.17, 15) is 0 Å². The summed E-state index contributed by atoms with van der Waals surface area (Å²) >= 11 is 0. The van der Waals surface area contributed by atoms with E-state index < -0.39 is 8.69 Å². The van der Waals surface area contributed by atoms with Gasteiger partial charge in [-0.15, -0.1) is 0 Å². The number of nitrogens with zero attached hydrogens (tertiary/aromatic N) is 2. The van der Waals surface area contributed by atoms with E-state index in [1.54, 1.807) is 0 Å². The van der Waals surface area contributed by atoms with Gasteiger partial charge in [-0.25, -0.2) is 4.99 Å². The summed E-state index contributed by atoms with van der Waals surface area (Å²) in [5.41, 5.74) is 0. The van der Waals surface area contributed by atoms with Crippen LogP contribution in [0, 0.1) is 0 Å². The highest BCUT2D eigenvalue weighted by Gasteiger charge is 2.06. The lowest BCUT2D eigenvalue weighted by Gasteiger charge is -2.15. The minimum Gasteiger partial charge on any atom is -0.772 e. The second-order valence-corrected chi connectivity index (χ2v) is 2.67. The van der Waals surface area contributed by atoms with Crippen molar-refractivity contribution in [3.63, 3.8) is 0 Å². The number of hydrogen-bond donors (Lipinski definition) is 1. The van der Waals surface area contributed by atoms with Crippen molar-refractivity contribution in [3.05, 3.63) is 0 Å². The van der Waals surface area contributed by atoms with Crippen molar-refractivity contribution in [1.82, 2.24) is 4.90 Å². The van der Waals surface area contributed by atoms with E-state index in [0.717, 1.165) is 5.96 Å². The average molecular weight is 193 g/mol. The lowest BCUT2D eigenvalue weighted by molar-refractivity contribution is -0.764. The summed E-state index contributed by atoms with van der Waals surface area (Å²) in [5, 5.41) is 0. The Hall–Kier alpha value is -0.510.